The number of nitrogens with zero attached hydrogens (tertiary/aromatic N) is 1. The summed E-state index contributed by atoms with van der Waals surface area (Å²) in [6.45, 7) is 6.69. The summed E-state index contributed by atoms with van der Waals surface area (Å²) in [4.78, 5) is 12.3. The van der Waals surface area contributed by atoms with E-state index in [1.54, 1.807) is 37.3 Å². The molecular formula is C22H24ClF2N3O2. The SMILES string of the molecule is C/C=C/C(=N\NCc1cc(Cl)ccc1OCC(C)C)NC(=O)c1ccc(F)cc1F. The predicted octanol–water partition coefficient (Wildman–Crippen LogP) is 5.06. The van der Waals surface area contributed by atoms with Crippen LogP contribution in [-0.2, 0) is 6.54 Å². The zero-order chi connectivity index (χ0) is 22.1. The average Bonchev–Trinajstić information content (AvgIpc) is 2.67. The van der Waals surface area contributed by atoms with Gasteiger partial charge in [-0.15, -0.1) is 0 Å². The second-order valence-corrected chi connectivity index (χ2v) is 7.30. The number of benzene rings is 2. The van der Waals surface area contributed by atoms with E-state index in [1.807, 2.05) is 13.8 Å². The van der Waals surface area contributed by atoms with E-state index in [0.29, 0.717) is 29.4 Å². The normalized spacial score (nSPS) is 11.8. The Morgan fingerprint density at radius 3 is 2.67 bits per heavy atom. The lowest BCUT2D eigenvalue weighted by Gasteiger charge is -2.14. The van der Waals surface area contributed by atoms with Gasteiger partial charge in [-0.05, 0) is 49.2 Å². The molecule has 0 aliphatic heterocycles. The third kappa shape index (κ3) is 7.15. The standard InChI is InChI=1S/C22H24ClF2N3O2/c1-4-5-21(27-22(29)18-8-7-17(24)11-19(18)25)28-26-12-15-10-16(23)6-9-20(15)30-13-14(2)3/h4-11,14,26H,12-13H2,1-3H3,(H,27,28,29)/b5-4+. The summed E-state index contributed by atoms with van der Waals surface area (Å²) in [5.74, 6) is -1.24. The van der Waals surface area contributed by atoms with Crippen LogP contribution in [0.25, 0.3) is 0 Å². The Kier molecular flexibility index (Phi) is 8.80. The van der Waals surface area contributed by atoms with Crippen LogP contribution in [0.5, 0.6) is 5.75 Å². The van der Waals surface area contributed by atoms with E-state index in [9.17, 15) is 13.6 Å². The summed E-state index contributed by atoms with van der Waals surface area (Å²) in [6.07, 6.45) is 3.21. The molecule has 5 nitrogen and oxygen atoms in total. The number of allylic oxidation sites excluding steroid dienone is 1. The molecule has 2 N–H and O–H groups in total. The van der Waals surface area contributed by atoms with Crippen LogP contribution in [0.2, 0.25) is 5.02 Å². The summed E-state index contributed by atoms with van der Waals surface area (Å²) in [7, 11) is 0. The number of nitrogens with one attached hydrogen (secondary N) is 2. The van der Waals surface area contributed by atoms with E-state index >= 15 is 0 Å². The lowest BCUT2D eigenvalue weighted by Crippen LogP contribution is -2.31. The first-order valence-corrected chi connectivity index (χ1v) is 9.78. The van der Waals surface area contributed by atoms with Gasteiger partial charge in [-0.25, -0.2) is 8.78 Å². The fourth-order valence-electron chi connectivity index (χ4n) is 2.42. The van der Waals surface area contributed by atoms with Crippen molar-refractivity contribution in [1.29, 1.82) is 0 Å². The van der Waals surface area contributed by atoms with E-state index in [1.165, 1.54) is 0 Å². The largest absolute Gasteiger partial charge is 0.493 e. The highest BCUT2D eigenvalue weighted by molar-refractivity contribution is 6.30. The molecule has 0 heterocycles. The fourth-order valence-corrected chi connectivity index (χ4v) is 2.61. The van der Waals surface area contributed by atoms with Crippen LogP contribution in [0.4, 0.5) is 8.78 Å². The molecule has 0 radical (unpaired) electrons. The maximum absolute atomic E-state index is 13.8. The number of carbonyl (C=O) groups is 1. The fraction of sp³-hybridized carbons (Fsp3) is 0.273. The maximum Gasteiger partial charge on any atom is 0.259 e. The van der Waals surface area contributed by atoms with Crippen molar-refractivity contribution in [3.63, 3.8) is 0 Å². The van der Waals surface area contributed by atoms with Gasteiger partial charge in [-0.3, -0.25) is 4.79 Å². The van der Waals surface area contributed by atoms with Crippen LogP contribution >= 0.6 is 11.6 Å². The van der Waals surface area contributed by atoms with Crippen molar-refractivity contribution in [2.75, 3.05) is 6.61 Å². The molecule has 0 aromatic heterocycles. The zero-order valence-corrected chi connectivity index (χ0v) is 17.8. The van der Waals surface area contributed by atoms with Crippen molar-refractivity contribution in [2.24, 2.45) is 11.0 Å². The predicted molar refractivity (Wildman–Crippen MR) is 115 cm³/mol. The third-order valence-corrected chi connectivity index (χ3v) is 4.04. The second kappa shape index (κ2) is 11.3. The molecule has 2 aromatic carbocycles. The molecule has 2 rings (SSSR count). The van der Waals surface area contributed by atoms with Gasteiger partial charge in [-0.2, -0.15) is 5.10 Å². The summed E-state index contributed by atoms with van der Waals surface area (Å²) < 4.78 is 32.7. The van der Waals surface area contributed by atoms with Crippen LogP contribution in [-0.4, -0.2) is 18.3 Å². The van der Waals surface area contributed by atoms with Gasteiger partial charge < -0.3 is 15.5 Å². The molecule has 8 heteroatoms. The number of hydrazone groups is 1. The number of hydrogen-bond donors (Lipinski definition) is 2. The lowest BCUT2D eigenvalue weighted by atomic mass is 10.2. The Morgan fingerprint density at radius 1 is 1.23 bits per heavy atom. The molecule has 0 atom stereocenters. The minimum absolute atomic E-state index is 0.165. The highest BCUT2D eigenvalue weighted by Gasteiger charge is 2.14. The van der Waals surface area contributed by atoms with Gasteiger partial charge in [0.05, 0.1) is 18.7 Å². The Bertz CT molecular complexity index is 946. The molecule has 2 aromatic rings. The second-order valence-electron chi connectivity index (χ2n) is 6.87. The Morgan fingerprint density at radius 2 is 2.00 bits per heavy atom. The first kappa shape index (κ1) is 23.3. The van der Waals surface area contributed by atoms with E-state index in [4.69, 9.17) is 16.3 Å². The van der Waals surface area contributed by atoms with Crippen molar-refractivity contribution in [3.05, 3.63) is 76.3 Å². The Balaban J connectivity index is 2.10. The van der Waals surface area contributed by atoms with Crippen LogP contribution in [0.3, 0.4) is 0 Å². The molecular weight excluding hydrogens is 412 g/mol. The molecule has 160 valence electrons. The smallest absolute Gasteiger partial charge is 0.259 e. The summed E-state index contributed by atoms with van der Waals surface area (Å²) in [6, 6.07) is 8.04. The molecule has 0 spiro atoms. The van der Waals surface area contributed by atoms with Crippen molar-refractivity contribution in [2.45, 2.75) is 27.3 Å². The first-order chi connectivity index (χ1) is 14.3. The molecule has 0 unspecified atom stereocenters. The number of amidine groups is 1. The first-order valence-electron chi connectivity index (χ1n) is 9.41. The van der Waals surface area contributed by atoms with Gasteiger partial charge in [0.2, 0.25) is 0 Å². The molecule has 30 heavy (non-hydrogen) atoms. The minimum atomic E-state index is -0.953. The number of amides is 1. The van der Waals surface area contributed by atoms with E-state index in [0.717, 1.165) is 17.7 Å². The summed E-state index contributed by atoms with van der Waals surface area (Å²) in [5.41, 5.74) is 3.36. The summed E-state index contributed by atoms with van der Waals surface area (Å²) in [5, 5.41) is 7.19. The van der Waals surface area contributed by atoms with E-state index in [2.05, 4.69) is 15.8 Å². The summed E-state index contributed by atoms with van der Waals surface area (Å²) >= 11 is 6.08. The molecule has 1 amide bonds. The maximum atomic E-state index is 13.8. The third-order valence-electron chi connectivity index (χ3n) is 3.81. The van der Waals surface area contributed by atoms with Gasteiger partial charge in [0.15, 0.2) is 5.84 Å². The number of carbonyl (C=O) groups excluding carboxylic acids is 1. The number of halogens is 3. The monoisotopic (exact) mass is 435 g/mol. The van der Waals surface area contributed by atoms with Gasteiger partial charge in [0.1, 0.15) is 17.4 Å². The molecule has 0 aliphatic carbocycles. The van der Waals surface area contributed by atoms with Crippen LogP contribution < -0.4 is 15.5 Å². The highest BCUT2D eigenvalue weighted by Crippen LogP contribution is 2.23. The van der Waals surface area contributed by atoms with E-state index in [-0.39, 0.29) is 17.9 Å². The van der Waals surface area contributed by atoms with Crippen molar-refractivity contribution < 1.29 is 18.3 Å². The lowest BCUT2D eigenvalue weighted by molar-refractivity contribution is 0.0973. The quantitative estimate of drug-likeness (QED) is 0.346. The molecule has 0 saturated heterocycles. The number of rotatable bonds is 8. The van der Waals surface area contributed by atoms with Crippen LogP contribution in [0.1, 0.15) is 36.7 Å². The molecule has 0 fully saturated rings. The molecule has 0 bridgehead atoms. The Labute approximate surface area is 179 Å². The Hall–Kier alpha value is -2.93. The minimum Gasteiger partial charge on any atom is -0.493 e. The number of ether oxygens (including phenoxy) is 1. The zero-order valence-electron chi connectivity index (χ0n) is 17.0. The van der Waals surface area contributed by atoms with E-state index < -0.39 is 17.5 Å². The molecule has 0 aliphatic rings. The average molecular weight is 436 g/mol. The van der Waals surface area contributed by atoms with Crippen LogP contribution in [0, 0.1) is 17.6 Å². The van der Waals surface area contributed by atoms with Gasteiger partial charge >= 0.3 is 0 Å². The van der Waals surface area contributed by atoms with Crippen molar-refractivity contribution in [1.82, 2.24) is 10.7 Å². The van der Waals surface area contributed by atoms with Gasteiger partial charge in [-0.1, -0.05) is 31.5 Å². The topological polar surface area (TPSA) is 62.7 Å². The number of hydrogen-bond acceptors (Lipinski definition) is 4. The van der Waals surface area contributed by atoms with Crippen LogP contribution in [0.15, 0.2) is 53.7 Å². The van der Waals surface area contributed by atoms with Gasteiger partial charge in [0, 0.05) is 16.7 Å². The highest BCUT2D eigenvalue weighted by atomic mass is 35.5. The molecule has 0 saturated carbocycles. The van der Waals surface area contributed by atoms with Crippen molar-refractivity contribution in [3.8, 4) is 5.75 Å². The van der Waals surface area contributed by atoms with Crippen molar-refractivity contribution >= 4 is 23.3 Å². The van der Waals surface area contributed by atoms with Gasteiger partial charge in [0.25, 0.3) is 5.91 Å².